The van der Waals surface area contributed by atoms with Gasteiger partial charge in [0.05, 0.1) is 0 Å². The average molecular weight is 279 g/mol. The van der Waals surface area contributed by atoms with Gasteiger partial charge in [-0.05, 0) is 26.2 Å². The second-order valence-corrected chi connectivity index (χ2v) is 4.71. The lowest BCUT2D eigenvalue weighted by Crippen LogP contribution is -2.32. The molecular weight excluding hydrogens is 254 g/mol. The van der Waals surface area contributed by atoms with Gasteiger partial charge >= 0.3 is 5.97 Å². The van der Waals surface area contributed by atoms with Crippen molar-refractivity contribution in [2.45, 2.75) is 52.5 Å². The van der Waals surface area contributed by atoms with Crippen LogP contribution in [0.25, 0.3) is 0 Å². The highest BCUT2D eigenvalue weighted by atomic mass is 16.4. The minimum Gasteiger partial charge on any atom is -0.478 e. The smallest absolute Gasteiger partial charge is 0.331 e. The van der Waals surface area contributed by atoms with Gasteiger partial charge in [0.2, 0.25) is 5.91 Å². The SMILES string of the molecule is CCCC=CCC(CC=CC=C(C)C(=O)O)NC(C)=O. The van der Waals surface area contributed by atoms with Gasteiger partial charge in [-0.25, -0.2) is 4.79 Å². The van der Waals surface area contributed by atoms with Crippen LogP contribution in [0.1, 0.15) is 46.5 Å². The molecule has 0 saturated carbocycles. The Morgan fingerprint density at radius 1 is 1.15 bits per heavy atom. The Balaban J connectivity index is 4.35. The first kappa shape index (κ1) is 18.2. The Bertz CT molecular complexity index is 395. The summed E-state index contributed by atoms with van der Waals surface area (Å²) in [6, 6.07) is 0.0513. The van der Waals surface area contributed by atoms with Crippen molar-refractivity contribution < 1.29 is 14.7 Å². The molecule has 0 radical (unpaired) electrons. The summed E-state index contributed by atoms with van der Waals surface area (Å²) in [7, 11) is 0. The Kier molecular flexibility index (Phi) is 10.0. The van der Waals surface area contributed by atoms with Crippen LogP contribution >= 0.6 is 0 Å². The first-order chi connectivity index (χ1) is 9.47. The van der Waals surface area contributed by atoms with E-state index in [9.17, 15) is 9.59 Å². The molecule has 0 aliphatic carbocycles. The van der Waals surface area contributed by atoms with Gasteiger partial charge in [-0.3, -0.25) is 4.79 Å². The standard InChI is InChI=1S/C16H25NO3/c1-4-5-6-7-11-15(17-14(3)18)12-9-8-10-13(2)16(19)20/h6-10,15H,4-5,11-12H2,1-3H3,(H,17,18)(H,19,20). The average Bonchev–Trinajstić information content (AvgIpc) is 2.38. The lowest BCUT2D eigenvalue weighted by atomic mass is 10.1. The lowest BCUT2D eigenvalue weighted by molar-refractivity contribution is -0.132. The normalized spacial score (nSPS) is 13.8. The number of hydrogen-bond donors (Lipinski definition) is 2. The fourth-order valence-corrected chi connectivity index (χ4v) is 1.57. The molecule has 0 fully saturated rings. The van der Waals surface area contributed by atoms with Crippen molar-refractivity contribution in [2.24, 2.45) is 0 Å². The van der Waals surface area contributed by atoms with Crippen LogP contribution in [0.5, 0.6) is 0 Å². The van der Waals surface area contributed by atoms with Gasteiger partial charge < -0.3 is 10.4 Å². The van der Waals surface area contributed by atoms with Crippen LogP contribution in [0.3, 0.4) is 0 Å². The highest BCUT2D eigenvalue weighted by Crippen LogP contribution is 2.03. The quantitative estimate of drug-likeness (QED) is 0.387. The second-order valence-electron chi connectivity index (χ2n) is 4.71. The molecule has 0 spiro atoms. The van der Waals surface area contributed by atoms with Crippen molar-refractivity contribution >= 4 is 11.9 Å². The molecule has 1 atom stereocenters. The maximum Gasteiger partial charge on any atom is 0.331 e. The van der Waals surface area contributed by atoms with Crippen LogP contribution in [0.15, 0.2) is 36.0 Å². The predicted octanol–water partition coefficient (Wildman–Crippen LogP) is 3.21. The summed E-state index contributed by atoms with van der Waals surface area (Å²) < 4.78 is 0. The zero-order chi connectivity index (χ0) is 15.4. The first-order valence-electron chi connectivity index (χ1n) is 6.96. The maximum absolute atomic E-state index is 11.1. The molecule has 1 unspecified atom stereocenters. The van der Waals surface area contributed by atoms with E-state index in [1.54, 1.807) is 19.1 Å². The van der Waals surface area contributed by atoms with Gasteiger partial charge in [0, 0.05) is 18.5 Å². The number of aliphatic carboxylic acids is 1. The number of allylic oxidation sites excluding steroid dienone is 3. The number of carbonyl (C=O) groups is 2. The molecule has 0 aromatic carbocycles. The second kappa shape index (κ2) is 11.0. The number of amides is 1. The fourth-order valence-electron chi connectivity index (χ4n) is 1.57. The third-order valence-corrected chi connectivity index (χ3v) is 2.69. The summed E-state index contributed by atoms with van der Waals surface area (Å²) in [4.78, 5) is 21.7. The number of carbonyl (C=O) groups excluding carboxylic acids is 1. The molecule has 20 heavy (non-hydrogen) atoms. The lowest BCUT2D eigenvalue weighted by Gasteiger charge is -2.13. The third kappa shape index (κ3) is 10.1. The van der Waals surface area contributed by atoms with E-state index in [4.69, 9.17) is 5.11 Å². The number of hydrogen-bond acceptors (Lipinski definition) is 2. The molecule has 0 heterocycles. The number of nitrogens with one attached hydrogen (secondary N) is 1. The zero-order valence-electron chi connectivity index (χ0n) is 12.6. The van der Waals surface area contributed by atoms with Crippen molar-refractivity contribution in [2.75, 3.05) is 0 Å². The van der Waals surface area contributed by atoms with Gasteiger partial charge in [0.15, 0.2) is 0 Å². The summed E-state index contributed by atoms with van der Waals surface area (Å²) in [5, 5.41) is 11.6. The topological polar surface area (TPSA) is 66.4 Å². The molecule has 0 aliphatic heterocycles. The summed E-state index contributed by atoms with van der Waals surface area (Å²) in [5.74, 6) is -0.972. The molecule has 0 aromatic rings. The summed E-state index contributed by atoms with van der Waals surface area (Å²) >= 11 is 0. The first-order valence-corrected chi connectivity index (χ1v) is 6.96. The summed E-state index contributed by atoms with van der Waals surface area (Å²) in [6.07, 6.45) is 13.0. The summed E-state index contributed by atoms with van der Waals surface area (Å²) in [6.45, 7) is 5.17. The van der Waals surface area contributed by atoms with E-state index >= 15 is 0 Å². The molecule has 112 valence electrons. The minimum atomic E-state index is -0.921. The molecule has 1 amide bonds. The molecule has 4 nitrogen and oxygen atoms in total. The van der Waals surface area contributed by atoms with Gasteiger partial charge in [-0.15, -0.1) is 0 Å². The van der Waals surface area contributed by atoms with Gasteiger partial charge in [-0.2, -0.15) is 0 Å². The maximum atomic E-state index is 11.1. The number of carboxylic acid groups (broad SMARTS) is 1. The Labute approximate surface area is 121 Å². The molecule has 0 saturated heterocycles. The molecule has 0 aromatic heterocycles. The van der Waals surface area contributed by atoms with Gasteiger partial charge in [0.1, 0.15) is 0 Å². The Morgan fingerprint density at radius 2 is 1.80 bits per heavy atom. The predicted molar refractivity (Wildman–Crippen MR) is 81.4 cm³/mol. The highest BCUT2D eigenvalue weighted by Gasteiger charge is 2.05. The Morgan fingerprint density at radius 3 is 2.35 bits per heavy atom. The van der Waals surface area contributed by atoms with E-state index in [0.29, 0.717) is 12.0 Å². The van der Waals surface area contributed by atoms with E-state index in [2.05, 4.69) is 24.4 Å². The van der Waals surface area contributed by atoms with Crippen LogP contribution in [0, 0.1) is 0 Å². The number of carboxylic acids is 1. The molecular formula is C16H25NO3. The molecule has 0 bridgehead atoms. The number of rotatable bonds is 9. The van der Waals surface area contributed by atoms with E-state index in [1.807, 2.05) is 6.08 Å². The third-order valence-electron chi connectivity index (χ3n) is 2.69. The summed E-state index contributed by atoms with van der Waals surface area (Å²) in [5.41, 5.74) is 0.292. The van der Waals surface area contributed by atoms with Crippen molar-refractivity contribution in [3.8, 4) is 0 Å². The van der Waals surface area contributed by atoms with Crippen LogP contribution < -0.4 is 5.32 Å². The van der Waals surface area contributed by atoms with Crippen LogP contribution in [-0.2, 0) is 9.59 Å². The van der Waals surface area contributed by atoms with Crippen LogP contribution in [-0.4, -0.2) is 23.0 Å². The van der Waals surface area contributed by atoms with Crippen molar-refractivity contribution in [1.29, 1.82) is 0 Å². The highest BCUT2D eigenvalue weighted by molar-refractivity contribution is 5.86. The van der Waals surface area contributed by atoms with Crippen LogP contribution in [0.2, 0.25) is 0 Å². The van der Waals surface area contributed by atoms with Crippen LogP contribution in [0.4, 0.5) is 0 Å². The van der Waals surface area contributed by atoms with E-state index < -0.39 is 5.97 Å². The number of unbranched alkanes of at least 4 members (excludes halogenated alkanes) is 1. The molecule has 0 aliphatic rings. The monoisotopic (exact) mass is 279 g/mol. The minimum absolute atomic E-state index is 0.0513. The van der Waals surface area contributed by atoms with Gasteiger partial charge in [-0.1, -0.05) is 43.7 Å². The van der Waals surface area contributed by atoms with E-state index in [0.717, 1.165) is 19.3 Å². The zero-order valence-corrected chi connectivity index (χ0v) is 12.6. The molecule has 2 N–H and O–H groups in total. The fraction of sp³-hybridized carbons (Fsp3) is 0.500. The van der Waals surface area contributed by atoms with E-state index in [1.165, 1.54) is 6.92 Å². The van der Waals surface area contributed by atoms with E-state index in [-0.39, 0.29) is 11.9 Å². The van der Waals surface area contributed by atoms with Gasteiger partial charge in [0.25, 0.3) is 0 Å². The van der Waals surface area contributed by atoms with Crippen molar-refractivity contribution in [3.63, 3.8) is 0 Å². The largest absolute Gasteiger partial charge is 0.478 e. The van der Waals surface area contributed by atoms with Crippen molar-refractivity contribution in [3.05, 3.63) is 36.0 Å². The molecule has 0 rings (SSSR count). The van der Waals surface area contributed by atoms with Crippen molar-refractivity contribution in [1.82, 2.24) is 5.32 Å². The molecule has 4 heteroatoms. The Hall–Kier alpha value is -1.84.